The van der Waals surface area contributed by atoms with Crippen molar-refractivity contribution in [1.82, 2.24) is 0 Å². The van der Waals surface area contributed by atoms with Gasteiger partial charge < -0.3 is 4.90 Å². The first-order chi connectivity index (χ1) is 9.11. The summed E-state index contributed by atoms with van der Waals surface area (Å²) in [7, 11) is 0. The van der Waals surface area contributed by atoms with E-state index in [4.69, 9.17) is 11.6 Å². The number of anilines is 1. The van der Waals surface area contributed by atoms with Crippen LogP contribution >= 0.6 is 11.6 Å². The van der Waals surface area contributed by atoms with Crippen molar-refractivity contribution in [2.45, 2.75) is 32.2 Å². The van der Waals surface area contributed by atoms with Gasteiger partial charge in [-0.15, -0.1) is 11.6 Å². The van der Waals surface area contributed by atoms with Gasteiger partial charge in [-0.25, -0.2) is 0 Å². The molecule has 0 bridgehead atoms. The molecule has 3 nitrogen and oxygen atoms in total. The van der Waals surface area contributed by atoms with E-state index in [9.17, 15) is 9.59 Å². The number of amides is 1. The molecule has 0 saturated heterocycles. The van der Waals surface area contributed by atoms with Crippen LogP contribution in [0.4, 0.5) is 5.69 Å². The van der Waals surface area contributed by atoms with Crippen LogP contribution in [0.3, 0.4) is 0 Å². The number of hydrogen-bond donors (Lipinski definition) is 0. The first-order valence-electron chi connectivity index (χ1n) is 6.67. The Morgan fingerprint density at radius 2 is 2.11 bits per heavy atom. The number of alkyl halides is 1. The van der Waals surface area contributed by atoms with E-state index in [1.165, 1.54) is 0 Å². The third-order valence-corrected chi connectivity index (χ3v) is 4.15. The second-order valence-corrected chi connectivity index (χ2v) is 5.70. The van der Waals surface area contributed by atoms with Gasteiger partial charge in [0, 0.05) is 23.2 Å². The van der Waals surface area contributed by atoms with Crippen LogP contribution < -0.4 is 4.90 Å². The van der Waals surface area contributed by atoms with Crippen molar-refractivity contribution in [3.63, 3.8) is 0 Å². The molecule has 0 N–H and O–H groups in total. The van der Waals surface area contributed by atoms with Crippen molar-refractivity contribution in [1.29, 1.82) is 0 Å². The van der Waals surface area contributed by atoms with Gasteiger partial charge in [0.25, 0.3) is 0 Å². The number of carbonyl (C=O) groups is 2. The number of benzene rings is 1. The number of ketones is 1. The zero-order valence-corrected chi connectivity index (χ0v) is 11.6. The Morgan fingerprint density at radius 1 is 1.37 bits per heavy atom. The van der Waals surface area contributed by atoms with Gasteiger partial charge in [0.2, 0.25) is 5.91 Å². The third-order valence-electron chi connectivity index (χ3n) is 3.90. The normalized spacial score (nSPS) is 21.4. The monoisotopic (exact) mass is 277 g/mol. The minimum Gasteiger partial charge on any atom is -0.309 e. The van der Waals surface area contributed by atoms with Crippen LogP contribution in [0.15, 0.2) is 18.2 Å². The zero-order valence-electron chi connectivity index (χ0n) is 10.9. The number of halogens is 1. The topological polar surface area (TPSA) is 37.4 Å². The molecule has 3 rings (SSSR count). The lowest BCUT2D eigenvalue weighted by molar-refractivity contribution is -0.120. The van der Waals surface area contributed by atoms with E-state index in [0.717, 1.165) is 30.5 Å². The van der Waals surface area contributed by atoms with Gasteiger partial charge in [0.15, 0.2) is 5.78 Å². The molecule has 1 saturated carbocycles. The van der Waals surface area contributed by atoms with Crippen LogP contribution in [0, 0.1) is 5.92 Å². The standard InChI is InChI=1S/C15H16ClNO2/c1-9-6-12-7-11(14(18)8-16)4-5-13(12)17(9)15(19)10-2-3-10/h4-5,7,9-10H,2-3,6,8H2,1H3. The first kappa shape index (κ1) is 12.7. The molecular weight excluding hydrogens is 262 g/mol. The van der Waals surface area contributed by atoms with E-state index in [0.29, 0.717) is 5.56 Å². The third kappa shape index (κ3) is 2.16. The average Bonchev–Trinajstić information content (AvgIpc) is 3.19. The number of carbonyl (C=O) groups excluding carboxylic acids is 2. The van der Waals surface area contributed by atoms with Crippen LogP contribution in [0.2, 0.25) is 0 Å². The lowest BCUT2D eigenvalue weighted by atomic mass is 10.0. The van der Waals surface area contributed by atoms with Gasteiger partial charge in [-0.1, -0.05) is 0 Å². The fraction of sp³-hybridized carbons (Fsp3) is 0.467. The van der Waals surface area contributed by atoms with E-state index in [1.54, 1.807) is 6.07 Å². The van der Waals surface area contributed by atoms with Gasteiger partial charge in [-0.2, -0.15) is 0 Å². The van der Waals surface area contributed by atoms with Crippen LogP contribution in [-0.2, 0) is 11.2 Å². The number of Topliss-reactive ketones (excluding diaryl/α,β-unsaturated/α-hetero) is 1. The SMILES string of the molecule is CC1Cc2cc(C(=O)CCl)ccc2N1C(=O)C1CC1. The van der Waals surface area contributed by atoms with Crippen molar-refractivity contribution in [3.05, 3.63) is 29.3 Å². The molecular formula is C15H16ClNO2. The number of hydrogen-bond acceptors (Lipinski definition) is 2. The van der Waals surface area contributed by atoms with Gasteiger partial charge in [-0.05, 0) is 49.9 Å². The summed E-state index contributed by atoms with van der Waals surface area (Å²) >= 11 is 5.58. The Hall–Kier alpha value is -1.35. The van der Waals surface area contributed by atoms with Crippen molar-refractivity contribution < 1.29 is 9.59 Å². The maximum Gasteiger partial charge on any atom is 0.230 e. The number of fused-ring (bicyclic) bond motifs is 1. The molecule has 1 atom stereocenters. The van der Waals surface area contributed by atoms with Crippen LogP contribution in [0.25, 0.3) is 0 Å². The number of nitrogens with zero attached hydrogens (tertiary/aromatic N) is 1. The molecule has 1 unspecified atom stereocenters. The van der Waals surface area contributed by atoms with Crippen LogP contribution in [0.1, 0.15) is 35.7 Å². The summed E-state index contributed by atoms with van der Waals surface area (Å²) < 4.78 is 0. The molecule has 2 aliphatic rings. The molecule has 1 aromatic carbocycles. The summed E-state index contributed by atoms with van der Waals surface area (Å²) in [6, 6.07) is 5.73. The molecule has 19 heavy (non-hydrogen) atoms. The highest BCUT2D eigenvalue weighted by molar-refractivity contribution is 6.30. The smallest absolute Gasteiger partial charge is 0.230 e. The molecule has 0 radical (unpaired) electrons. The Morgan fingerprint density at radius 3 is 2.74 bits per heavy atom. The molecule has 100 valence electrons. The summed E-state index contributed by atoms with van der Waals surface area (Å²) in [6.45, 7) is 2.06. The first-order valence-corrected chi connectivity index (χ1v) is 7.20. The summed E-state index contributed by atoms with van der Waals surface area (Å²) in [4.78, 5) is 25.8. The van der Waals surface area contributed by atoms with Crippen molar-refractivity contribution in [3.8, 4) is 0 Å². The van der Waals surface area contributed by atoms with Crippen molar-refractivity contribution in [2.75, 3.05) is 10.8 Å². The maximum atomic E-state index is 12.3. The van der Waals surface area contributed by atoms with Crippen LogP contribution in [-0.4, -0.2) is 23.6 Å². The lowest BCUT2D eigenvalue weighted by Crippen LogP contribution is -2.36. The molecule has 4 heteroatoms. The fourth-order valence-electron chi connectivity index (χ4n) is 2.74. The Bertz CT molecular complexity index is 551. The second-order valence-electron chi connectivity index (χ2n) is 5.44. The maximum absolute atomic E-state index is 12.3. The summed E-state index contributed by atoms with van der Waals surface area (Å²) in [5, 5.41) is 0. The highest BCUT2D eigenvalue weighted by Crippen LogP contribution is 2.39. The molecule has 1 aromatic rings. The Labute approximate surface area is 117 Å². The van der Waals surface area contributed by atoms with E-state index in [1.807, 2.05) is 17.0 Å². The molecule has 1 amide bonds. The molecule has 0 spiro atoms. The van der Waals surface area contributed by atoms with E-state index >= 15 is 0 Å². The molecule has 0 aromatic heterocycles. The minimum atomic E-state index is -0.0657. The second kappa shape index (κ2) is 4.64. The van der Waals surface area contributed by atoms with E-state index < -0.39 is 0 Å². The van der Waals surface area contributed by atoms with Crippen LogP contribution in [0.5, 0.6) is 0 Å². The number of rotatable bonds is 3. The quantitative estimate of drug-likeness (QED) is 0.629. The minimum absolute atomic E-state index is 0.000933. The van der Waals surface area contributed by atoms with Gasteiger partial charge in [-0.3, -0.25) is 9.59 Å². The summed E-state index contributed by atoms with van der Waals surface area (Å²) in [5.41, 5.74) is 2.69. The van der Waals surface area contributed by atoms with Gasteiger partial charge in [0.1, 0.15) is 0 Å². The van der Waals surface area contributed by atoms with Crippen molar-refractivity contribution in [2.24, 2.45) is 5.92 Å². The predicted molar refractivity (Wildman–Crippen MR) is 74.9 cm³/mol. The molecule has 1 aliphatic carbocycles. The van der Waals surface area contributed by atoms with E-state index in [-0.39, 0.29) is 29.5 Å². The highest BCUT2D eigenvalue weighted by atomic mass is 35.5. The Balaban J connectivity index is 1.93. The van der Waals surface area contributed by atoms with E-state index in [2.05, 4.69) is 6.92 Å². The van der Waals surface area contributed by atoms with Gasteiger partial charge in [0.05, 0.1) is 5.88 Å². The predicted octanol–water partition coefficient (Wildman–Crippen LogP) is 2.80. The van der Waals surface area contributed by atoms with Gasteiger partial charge >= 0.3 is 0 Å². The largest absolute Gasteiger partial charge is 0.309 e. The molecule has 1 heterocycles. The zero-order chi connectivity index (χ0) is 13.6. The summed E-state index contributed by atoms with van der Waals surface area (Å²) in [5.74, 6) is 0.392. The Kier molecular flexibility index (Phi) is 3.09. The average molecular weight is 278 g/mol. The molecule has 1 aliphatic heterocycles. The highest BCUT2D eigenvalue weighted by Gasteiger charge is 2.39. The summed E-state index contributed by atoms with van der Waals surface area (Å²) in [6.07, 6.45) is 2.84. The fourth-order valence-corrected chi connectivity index (χ4v) is 2.90. The van der Waals surface area contributed by atoms with Crippen molar-refractivity contribution >= 4 is 29.0 Å². The molecule has 1 fully saturated rings. The lowest BCUT2D eigenvalue weighted by Gasteiger charge is -2.22.